The molecule has 0 spiro atoms. The number of hydrogen-bond donors (Lipinski definition) is 1. The summed E-state index contributed by atoms with van der Waals surface area (Å²) in [5, 5.41) is 2.82. The van der Waals surface area contributed by atoms with E-state index < -0.39 is 15.0 Å². The van der Waals surface area contributed by atoms with Crippen molar-refractivity contribution in [1.29, 1.82) is 0 Å². The van der Waals surface area contributed by atoms with Crippen molar-refractivity contribution in [3.05, 3.63) is 39.3 Å². The van der Waals surface area contributed by atoms with Crippen LogP contribution in [0.2, 0.25) is 5.02 Å². The molecule has 1 N–H and O–H groups in total. The van der Waals surface area contributed by atoms with Crippen LogP contribution < -0.4 is 5.32 Å². The number of rotatable bonds is 1. The van der Waals surface area contributed by atoms with E-state index in [0.717, 1.165) is 5.56 Å². The van der Waals surface area contributed by atoms with E-state index in [0.29, 0.717) is 9.49 Å². The molecule has 1 aliphatic heterocycles. The molecule has 0 saturated carbocycles. The van der Waals surface area contributed by atoms with Gasteiger partial charge in [0.1, 0.15) is 0 Å². The van der Waals surface area contributed by atoms with Crippen molar-refractivity contribution in [2.75, 3.05) is 0 Å². The van der Waals surface area contributed by atoms with Gasteiger partial charge in [-0.2, -0.15) is 0 Å². The standard InChI is InChI=1S/C10H6ClNO2Se/c11-7-4-2-1-3-6(7)5-8-9(13)12-10(14)15-8/h1-5H,(H,12,13,14). The summed E-state index contributed by atoms with van der Waals surface area (Å²) < 4.78 is 0.514. The molecule has 1 heterocycles. The van der Waals surface area contributed by atoms with Crippen molar-refractivity contribution in [3.8, 4) is 0 Å². The Labute approximate surface area is 97.7 Å². The third-order valence-electron chi connectivity index (χ3n) is 1.83. The molecule has 0 aromatic heterocycles. The van der Waals surface area contributed by atoms with E-state index in [4.69, 9.17) is 11.6 Å². The van der Waals surface area contributed by atoms with Gasteiger partial charge >= 0.3 is 97.6 Å². The summed E-state index contributed by atoms with van der Waals surface area (Å²) >= 11 is 5.50. The molecule has 0 aliphatic carbocycles. The molecule has 1 aromatic rings. The second kappa shape index (κ2) is 4.19. The Morgan fingerprint density at radius 2 is 2.00 bits per heavy atom. The summed E-state index contributed by atoms with van der Waals surface area (Å²) in [5.41, 5.74) is 0.765. The number of amides is 2. The Hall–Kier alpha value is -1.09. The summed E-state index contributed by atoms with van der Waals surface area (Å²) in [6.07, 6.45) is 1.67. The van der Waals surface area contributed by atoms with Crippen LogP contribution >= 0.6 is 11.6 Å². The molecule has 0 unspecified atom stereocenters. The Balaban J connectivity index is 2.35. The zero-order chi connectivity index (χ0) is 10.8. The SMILES string of the molecule is O=C1NC(=O)C(=Cc2ccccc2Cl)[Se]1. The number of hydrogen-bond acceptors (Lipinski definition) is 2. The number of carbonyl (C=O) groups is 2. The van der Waals surface area contributed by atoms with E-state index in [-0.39, 0.29) is 10.7 Å². The molecular weight excluding hydrogens is 281 g/mol. The van der Waals surface area contributed by atoms with Crippen molar-refractivity contribution < 1.29 is 9.59 Å². The van der Waals surface area contributed by atoms with Crippen molar-refractivity contribution in [1.82, 2.24) is 5.32 Å². The zero-order valence-corrected chi connectivity index (χ0v) is 9.96. The first-order chi connectivity index (χ1) is 7.16. The third kappa shape index (κ3) is 2.29. The van der Waals surface area contributed by atoms with Crippen LogP contribution in [0.3, 0.4) is 0 Å². The third-order valence-corrected chi connectivity index (χ3v) is 3.88. The predicted octanol–water partition coefficient (Wildman–Crippen LogP) is 1.63. The monoisotopic (exact) mass is 287 g/mol. The summed E-state index contributed by atoms with van der Waals surface area (Å²) in [4.78, 5) is 22.0. The van der Waals surface area contributed by atoms with Gasteiger partial charge in [0.15, 0.2) is 0 Å². The van der Waals surface area contributed by atoms with Gasteiger partial charge in [0.25, 0.3) is 0 Å². The van der Waals surface area contributed by atoms with E-state index in [1.165, 1.54) is 0 Å². The molecule has 15 heavy (non-hydrogen) atoms. The van der Waals surface area contributed by atoms with Gasteiger partial charge in [0.2, 0.25) is 0 Å². The van der Waals surface area contributed by atoms with Crippen LogP contribution in [-0.2, 0) is 4.79 Å². The number of imide groups is 1. The van der Waals surface area contributed by atoms with E-state index in [1.54, 1.807) is 12.1 Å². The topological polar surface area (TPSA) is 46.2 Å². The second-order valence-corrected chi connectivity index (χ2v) is 5.41. The van der Waals surface area contributed by atoms with Crippen LogP contribution in [0.25, 0.3) is 6.08 Å². The Morgan fingerprint density at radius 1 is 1.27 bits per heavy atom. The molecule has 3 nitrogen and oxygen atoms in total. The maximum absolute atomic E-state index is 11.3. The Kier molecular flexibility index (Phi) is 2.91. The van der Waals surface area contributed by atoms with Crippen molar-refractivity contribution >= 4 is 43.3 Å². The van der Waals surface area contributed by atoms with Crippen molar-refractivity contribution in [3.63, 3.8) is 0 Å². The molecular formula is C10H6ClNO2Se. The first-order valence-electron chi connectivity index (χ1n) is 4.16. The first kappa shape index (κ1) is 10.4. The van der Waals surface area contributed by atoms with Crippen LogP contribution in [0.15, 0.2) is 28.7 Å². The van der Waals surface area contributed by atoms with Gasteiger partial charge in [-0.05, 0) is 0 Å². The van der Waals surface area contributed by atoms with E-state index >= 15 is 0 Å². The van der Waals surface area contributed by atoms with E-state index in [1.807, 2.05) is 18.2 Å². The van der Waals surface area contributed by atoms with E-state index in [2.05, 4.69) is 5.32 Å². The normalized spacial score (nSPS) is 18.3. The van der Waals surface area contributed by atoms with Gasteiger partial charge in [-0.15, -0.1) is 0 Å². The van der Waals surface area contributed by atoms with Crippen LogP contribution in [-0.4, -0.2) is 25.7 Å². The van der Waals surface area contributed by atoms with E-state index in [9.17, 15) is 9.59 Å². The summed E-state index contributed by atoms with van der Waals surface area (Å²) in [6.45, 7) is 0. The first-order valence-corrected chi connectivity index (χ1v) is 6.25. The molecule has 1 aromatic carbocycles. The Bertz CT molecular complexity index is 470. The molecule has 0 bridgehead atoms. The zero-order valence-electron chi connectivity index (χ0n) is 7.49. The average molecular weight is 287 g/mol. The quantitative estimate of drug-likeness (QED) is 0.630. The second-order valence-electron chi connectivity index (χ2n) is 2.87. The molecule has 1 saturated heterocycles. The molecule has 0 atom stereocenters. The van der Waals surface area contributed by atoms with Crippen molar-refractivity contribution in [2.24, 2.45) is 0 Å². The summed E-state index contributed by atoms with van der Waals surface area (Å²) in [5.74, 6) is -0.306. The summed E-state index contributed by atoms with van der Waals surface area (Å²) in [7, 11) is 0. The van der Waals surface area contributed by atoms with Gasteiger partial charge in [0, 0.05) is 0 Å². The minimum atomic E-state index is -0.434. The predicted molar refractivity (Wildman–Crippen MR) is 58.7 cm³/mol. The fourth-order valence-electron chi connectivity index (χ4n) is 1.15. The molecule has 5 heteroatoms. The maximum atomic E-state index is 11.3. The molecule has 1 fully saturated rings. The molecule has 2 amide bonds. The number of halogens is 1. The molecule has 2 rings (SSSR count). The fourth-order valence-corrected chi connectivity index (χ4v) is 2.76. The number of carbonyl (C=O) groups excluding carboxylic acids is 2. The van der Waals surface area contributed by atoms with Crippen LogP contribution in [0.4, 0.5) is 4.79 Å². The van der Waals surface area contributed by atoms with Crippen LogP contribution in [0.1, 0.15) is 5.56 Å². The average Bonchev–Trinajstić information content (AvgIpc) is 2.49. The van der Waals surface area contributed by atoms with Crippen molar-refractivity contribution in [2.45, 2.75) is 0 Å². The van der Waals surface area contributed by atoms with Gasteiger partial charge in [-0.3, -0.25) is 0 Å². The van der Waals surface area contributed by atoms with Gasteiger partial charge in [-0.1, -0.05) is 0 Å². The molecule has 1 aliphatic rings. The van der Waals surface area contributed by atoms with Gasteiger partial charge in [0.05, 0.1) is 0 Å². The number of nitrogens with one attached hydrogen (secondary N) is 1. The van der Waals surface area contributed by atoms with Crippen LogP contribution in [0, 0.1) is 0 Å². The van der Waals surface area contributed by atoms with Crippen LogP contribution in [0.5, 0.6) is 0 Å². The Morgan fingerprint density at radius 3 is 2.60 bits per heavy atom. The minimum absolute atomic E-state index is 0.203. The number of benzene rings is 1. The van der Waals surface area contributed by atoms with Gasteiger partial charge < -0.3 is 0 Å². The molecule has 0 radical (unpaired) electrons. The fraction of sp³-hybridized carbons (Fsp3) is 0. The van der Waals surface area contributed by atoms with Gasteiger partial charge in [-0.25, -0.2) is 0 Å². The molecule has 76 valence electrons. The summed E-state index contributed by atoms with van der Waals surface area (Å²) in [6, 6.07) is 7.20.